The minimum Gasteiger partial charge on any atom is -0.493 e. The second-order valence-corrected chi connectivity index (χ2v) is 7.33. The van der Waals surface area contributed by atoms with Crippen LogP contribution in [-0.4, -0.2) is 45.0 Å². The van der Waals surface area contributed by atoms with E-state index >= 15 is 0 Å². The number of aliphatic hydroxyl groups is 1. The third kappa shape index (κ3) is 2.78. The number of hydrogen-bond acceptors (Lipinski definition) is 5. The predicted molar refractivity (Wildman–Crippen MR) is 75.8 cm³/mol. The molecule has 1 aromatic carbocycles. The number of fused-ring (bicyclic) bond motifs is 1. The maximum absolute atomic E-state index is 12.3. The molecule has 3 rings (SSSR count). The fourth-order valence-corrected chi connectivity index (χ4v) is 3.79. The monoisotopic (exact) mass is 313 g/mol. The van der Waals surface area contributed by atoms with Crippen LogP contribution in [0.1, 0.15) is 18.9 Å². The highest BCUT2D eigenvalue weighted by Gasteiger charge is 2.40. The van der Waals surface area contributed by atoms with Crippen LogP contribution in [0.5, 0.6) is 5.75 Å². The molecule has 116 valence electrons. The van der Waals surface area contributed by atoms with Crippen molar-refractivity contribution in [1.29, 1.82) is 0 Å². The van der Waals surface area contributed by atoms with Crippen molar-refractivity contribution in [3.8, 4) is 5.75 Å². The van der Waals surface area contributed by atoms with Gasteiger partial charge in [-0.2, -0.15) is 0 Å². The van der Waals surface area contributed by atoms with Crippen LogP contribution in [0, 0.1) is 0 Å². The molecule has 6 nitrogen and oxygen atoms in total. The summed E-state index contributed by atoms with van der Waals surface area (Å²) in [5.74, 6) is 0.741. The van der Waals surface area contributed by atoms with Crippen LogP contribution < -0.4 is 9.46 Å². The third-order valence-electron chi connectivity index (χ3n) is 4.20. The van der Waals surface area contributed by atoms with Gasteiger partial charge in [0.05, 0.1) is 17.6 Å². The summed E-state index contributed by atoms with van der Waals surface area (Å²) in [6.07, 6.45) is 0.760. The van der Waals surface area contributed by atoms with Gasteiger partial charge < -0.3 is 14.6 Å². The average Bonchev–Trinajstić information content (AvgIpc) is 3.04. The fourth-order valence-electron chi connectivity index (χ4n) is 2.64. The van der Waals surface area contributed by atoms with Crippen molar-refractivity contribution in [2.24, 2.45) is 0 Å². The van der Waals surface area contributed by atoms with E-state index in [1.54, 1.807) is 19.1 Å². The molecule has 0 bridgehead atoms. The van der Waals surface area contributed by atoms with Gasteiger partial charge in [-0.25, -0.2) is 13.1 Å². The lowest BCUT2D eigenvalue weighted by Crippen LogP contribution is -2.47. The van der Waals surface area contributed by atoms with Gasteiger partial charge in [0, 0.05) is 26.0 Å². The molecule has 0 spiro atoms. The van der Waals surface area contributed by atoms with Gasteiger partial charge in [0.2, 0.25) is 10.0 Å². The average molecular weight is 313 g/mol. The third-order valence-corrected chi connectivity index (χ3v) is 5.60. The van der Waals surface area contributed by atoms with Gasteiger partial charge in [0.25, 0.3) is 0 Å². The Morgan fingerprint density at radius 3 is 2.95 bits per heavy atom. The molecule has 2 aliphatic heterocycles. The molecule has 7 heteroatoms. The van der Waals surface area contributed by atoms with E-state index in [1.807, 2.05) is 0 Å². The zero-order chi connectivity index (χ0) is 15.1. The molecule has 2 N–H and O–H groups in total. The summed E-state index contributed by atoms with van der Waals surface area (Å²) in [4.78, 5) is 0.196. The first-order chi connectivity index (χ1) is 9.91. The molecule has 0 aromatic heterocycles. The van der Waals surface area contributed by atoms with E-state index in [4.69, 9.17) is 9.47 Å². The molecule has 2 atom stereocenters. The normalized spacial score (nSPS) is 28.4. The van der Waals surface area contributed by atoms with E-state index in [9.17, 15) is 13.5 Å². The molecule has 2 aliphatic rings. The first-order valence-corrected chi connectivity index (χ1v) is 8.48. The molecule has 21 heavy (non-hydrogen) atoms. The second-order valence-electron chi connectivity index (χ2n) is 5.56. The zero-order valence-electron chi connectivity index (χ0n) is 11.8. The lowest BCUT2D eigenvalue weighted by atomic mass is 9.97. The molecular formula is C14H19NO5S. The number of sulfonamides is 1. The Morgan fingerprint density at radius 1 is 1.43 bits per heavy atom. The van der Waals surface area contributed by atoms with E-state index in [-0.39, 0.29) is 17.5 Å². The Hall–Kier alpha value is -1.15. The summed E-state index contributed by atoms with van der Waals surface area (Å²) < 4.78 is 37.8. The van der Waals surface area contributed by atoms with E-state index in [2.05, 4.69) is 4.72 Å². The standard InChI is InChI=1S/C14H19NO5S/c1-10-14(16,5-7-19-10)9-15-21(17,18)12-2-3-13-11(8-12)4-6-20-13/h2-3,8,10,15-16H,4-7,9H2,1H3. The molecule has 0 radical (unpaired) electrons. The molecule has 0 aliphatic carbocycles. The number of ether oxygens (including phenoxy) is 2. The molecule has 1 saturated heterocycles. The van der Waals surface area contributed by atoms with Crippen LogP contribution in [0.4, 0.5) is 0 Å². The van der Waals surface area contributed by atoms with Crippen molar-refractivity contribution >= 4 is 10.0 Å². The van der Waals surface area contributed by atoms with E-state index in [1.165, 1.54) is 6.07 Å². The van der Waals surface area contributed by atoms with Crippen molar-refractivity contribution in [3.05, 3.63) is 23.8 Å². The highest BCUT2D eigenvalue weighted by atomic mass is 32.2. The Bertz CT molecular complexity index is 645. The molecule has 1 aromatic rings. The van der Waals surface area contributed by atoms with Crippen LogP contribution >= 0.6 is 0 Å². The van der Waals surface area contributed by atoms with Gasteiger partial charge in [-0.05, 0) is 30.7 Å². The molecule has 0 saturated carbocycles. The molecule has 2 heterocycles. The van der Waals surface area contributed by atoms with E-state index < -0.39 is 15.6 Å². The topological polar surface area (TPSA) is 84.9 Å². The van der Waals surface area contributed by atoms with E-state index in [0.717, 1.165) is 11.3 Å². The van der Waals surface area contributed by atoms with Crippen LogP contribution in [-0.2, 0) is 21.2 Å². The fraction of sp³-hybridized carbons (Fsp3) is 0.571. The maximum atomic E-state index is 12.3. The van der Waals surface area contributed by atoms with Gasteiger partial charge in [0.1, 0.15) is 11.4 Å². The van der Waals surface area contributed by atoms with Crippen LogP contribution in [0.25, 0.3) is 0 Å². The molecular weight excluding hydrogens is 294 g/mol. The highest BCUT2D eigenvalue weighted by molar-refractivity contribution is 7.89. The smallest absolute Gasteiger partial charge is 0.240 e. The van der Waals surface area contributed by atoms with Gasteiger partial charge in [-0.3, -0.25) is 0 Å². The summed E-state index contributed by atoms with van der Waals surface area (Å²) in [7, 11) is -3.65. The Kier molecular flexibility index (Phi) is 3.69. The summed E-state index contributed by atoms with van der Waals surface area (Å²) in [5.41, 5.74) is -0.249. The van der Waals surface area contributed by atoms with Crippen molar-refractivity contribution in [3.63, 3.8) is 0 Å². The van der Waals surface area contributed by atoms with Gasteiger partial charge in [-0.1, -0.05) is 0 Å². The zero-order valence-corrected chi connectivity index (χ0v) is 12.6. The Labute approximate surface area is 124 Å². The molecule has 1 fully saturated rings. The van der Waals surface area contributed by atoms with E-state index in [0.29, 0.717) is 26.1 Å². The molecule has 2 unspecified atom stereocenters. The predicted octanol–water partition coefficient (Wildman–Crippen LogP) is 0.440. The Balaban J connectivity index is 1.75. The van der Waals surface area contributed by atoms with Gasteiger partial charge in [-0.15, -0.1) is 0 Å². The van der Waals surface area contributed by atoms with Gasteiger partial charge in [0.15, 0.2) is 0 Å². The molecule has 0 amide bonds. The van der Waals surface area contributed by atoms with Crippen LogP contribution in [0.3, 0.4) is 0 Å². The SMILES string of the molecule is CC1OCCC1(O)CNS(=O)(=O)c1ccc2c(c1)CCO2. The quantitative estimate of drug-likeness (QED) is 0.842. The largest absolute Gasteiger partial charge is 0.493 e. The summed E-state index contributed by atoms with van der Waals surface area (Å²) in [5, 5.41) is 10.4. The van der Waals surface area contributed by atoms with Crippen molar-refractivity contribution < 1.29 is 23.0 Å². The number of benzene rings is 1. The number of rotatable bonds is 4. The first kappa shape index (κ1) is 14.8. The van der Waals surface area contributed by atoms with Gasteiger partial charge >= 0.3 is 0 Å². The second kappa shape index (κ2) is 5.24. The highest BCUT2D eigenvalue weighted by Crippen LogP contribution is 2.28. The lowest BCUT2D eigenvalue weighted by molar-refractivity contribution is -0.0228. The van der Waals surface area contributed by atoms with Crippen LogP contribution in [0.2, 0.25) is 0 Å². The summed E-state index contributed by atoms with van der Waals surface area (Å²) in [6, 6.07) is 4.82. The minimum atomic E-state index is -3.65. The number of hydrogen-bond donors (Lipinski definition) is 2. The Morgan fingerprint density at radius 2 is 2.24 bits per heavy atom. The summed E-state index contributed by atoms with van der Waals surface area (Å²) >= 11 is 0. The van der Waals surface area contributed by atoms with Crippen molar-refractivity contribution in [2.75, 3.05) is 19.8 Å². The van der Waals surface area contributed by atoms with Crippen LogP contribution in [0.15, 0.2) is 23.1 Å². The minimum absolute atomic E-state index is 0.0515. The maximum Gasteiger partial charge on any atom is 0.240 e. The van der Waals surface area contributed by atoms with Crippen molar-refractivity contribution in [1.82, 2.24) is 4.72 Å². The number of nitrogens with one attached hydrogen (secondary N) is 1. The summed E-state index contributed by atoms with van der Waals surface area (Å²) in [6.45, 7) is 2.72. The first-order valence-electron chi connectivity index (χ1n) is 7.00. The van der Waals surface area contributed by atoms with Crippen molar-refractivity contribution in [2.45, 2.75) is 36.4 Å². The lowest BCUT2D eigenvalue weighted by Gasteiger charge is -2.26.